The van der Waals surface area contributed by atoms with Gasteiger partial charge in [0, 0.05) is 18.9 Å². The summed E-state index contributed by atoms with van der Waals surface area (Å²) in [6, 6.07) is 1.05. The highest BCUT2D eigenvalue weighted by Gasteiger charge is 2.62. The minimum absolute atomic E-state index is 0.181. The van der Waals surface area contributed by atoms with Crippen LogP contribution in [0.1, 0.15) is 52.4 Å². The smallest absolute Gasteiger partial charge is 0.411 e. The standard InChI is InChI=1S/C18H26N4O4/c1-12(23)13(14-19-8-6-9-20-14)21-11-18(15(21)24)7-5-10-22(18)16(25)26-17(2,3)4/h6,8-9,12-13,23H,5,7,10-11H2,1-4H3/t12-,13?,18?/m1/s1. The first kappa shape index (κ1) is 18.6. The Balaban J connectivity index is 1.80. The maximum absolute atomic E-state index is 13.1. The topological polar surface area (TPSA) is 95.9 Å². The second kappa shape index (κ2) is 6.50. The van der Waals surface area contributed by atoms with Crippen LogP contribution in [0.15, 0.2) is 18.5 Å². The fourth-order valence-corrected chi connectivity index (χ4v) is 3.75. The van der Waals surface area contributed by atoms with E-state index in [9.17, 15) is 14.7 Å². The maximum atomic E-state index is 13.1. The van der Waals surface area contributed by atoms with E-state index in [0.717, 1.165) is 6.42 Å². The van der Waals surface area contributed by atoms with Crippen LogP contribution in [0.3, 0.4) is 0 Å². The lowest BCUT2D eigenvalue weighted by Crippen LogP contribution is -2.74. The molecule has 2 saturated heterocycles. The number of nitrogens with zero attached hydrogens (tertiary/aromatic N) is 4. The van der Waals surface area contributed by atoms with Crippen LogP contribution < -0.4 is 0 Å². The zero-order chi connectivity index (χ0) is 19.1. The molecule has 142 valence electrons. The molecule has 2 aliphatic rings. The van der Waals surface area contributed by atoms with E-state index in [1.165, 1.54) is 0 Å². The van der Waals surface area contributed by atoms with Crippen LogP contribution in [0.25, 0.3) is 0 Å². The molecule has 26 heavy (non-hydrogen) atoms. The highest BCUT2D eigenvalue weighted by molar-refractivity contribution is 5.96. The van der Waals surface area contributed by atoms with Gasteiger partial charge in [0.2, 0.25) is 0 Å². The van der Waals surface area contributed by atoms with Crippen molar-refractivity contribution in [2.45, 2.75) is 63.8 Å². The summed E-state index contributed by atoms with van der Waals surface area (Å²) in [4.78, 5) is 37.1. The van der Waals surface area contributed by atoms with Gasteiger partial charge in [-0.3, -0.25) is 9.69 Å². The van der Waals surface area contributed by atoms with Crippen LogP contribution >= 0.6 is 0 Å². The van der Waals surface area contributed by atoms with Crippen molar-refractivity contribution in [3.05, 3.63) is 24.3 Å². The van der Waals surface area contributed by atoms with Gasteiger partial charge in [-0.1, -0.05) is 0 Å². The molecule has 1 N–H and O–H groups in total. The molecule has 1 aromatic heterocycles. The van der Waals surface area contributed by atoms with E-state index in [4.69, 9.17) is 4.74 Å². The summed E-state index contributed by atoms with van der Waals surface area (Å²) < 4.78 is 5.47. The number of β-lactam (4-membered cyclic amide) rings is 1. The van der Waals surface area contributed by atoms with Gasteiger partial charge in [-0.2, -0.15) is 0 Å². The minimum atomic E-state index is -0.871. The van der Waals surface area contributed by atoms with Crippen LogP contribution in [0.4, 0.5) is 4.79 Å². The van der Waals surface area contributed by atoms with Crippen molar-refractivity contribution in [1.82, 2.24) is 19.8 Å². The molecule has 3 rings (SSSR count). The maximum Gasteiger partial charge on any atom is 0.411 e. The Morgan fingerprint density at radius 3 is 2.54 bits per heavy atom. The number of likely N-dealkylation sites (tertiary alicyclic amines) is 2. The van der Waals surface area contributed by atoms with Crippen LogP contribution in [0.2, 0.25) is 0 Å². The number of hydrogen-bond acceptors (Lipinski definition) is 6. The predicted octanol–water partition coefficient (Wildman–Crippen LogP) is 1.51. The van der Waals surface area contributed by atoms with Crippen LogP contribution in [-0.4, -0.2) is 67.2 Å². The highest BCUT2D eigenvalue weighted by atomic mass is 16.6. The Kier molecular flexibility index (Phi) is 4.64. The molecule has 2 aliphatic heterocycles. The van der Waals surface area contributed by atoms with Crippen molar-refractivity contribution in [2.75, 3.05) is 13.1 Å². The van der Waals surface area contributed by atoms with Crippen LogP contribution in [-0.2, 0) is 9.53 Å². The molecule has 0 aromatic carbocycles. The number of carbonyl (C=O) groups is 2. The summed E-state index contributed by atoms with van der Waals surface area (Å²) in [5.74, 6) is 0.215. The van der Waals surface area contributed by atoms with E-state index < -0.39 is 29.4 Å². The Labute approximate surface area is 153 Å². The molecule has 3 heterocycles. The van der Waals surface area contributed by atoms with Gasteiger partial charge in [0.25, 0.3) is 5.91 Å². The fourth-order valence-electron chi connectivity index (χ4n) is 3.75. The molecule has 8 nitrogen and oxygen atoms in total. The molecule has 1 aromatic rings. The van der Waals surface area contributed by atoms with E-state index in [1.54, 1.807) is 56.0 Å². The molecule has 3 atom stereocenters. The molecule has 2 unspecified atom stereocenters. The van der Waals surface area contributed by atoms with E-state index in [0.29, 0.717) is 25.3 Å². The van der Waals surface area contributed by atoms with Gasteiger partial charge in [0.1, 0.15) is 17.2 Å². The summed E-state index contributed by atoms with van der Waals surface area (Å²) in [6.45, 7) is 7.87. The average Bonchev–Trinajstić information content (AvgIpc) is 3.00. The van der Waals surface area contributed by atoms with E-state index in [2.05, 4.69) is 9.97 Å². The van der Waals surface area contributed by atoms with Gasteiger partial charge in [0.15, 0.2) is 5.82 Å². The molecule has 0 saturated carbocycles. The van der Waals surface area contributed by atoms with Crippen LogP contribution in [0, 0.1) is 0 Å². The number of hydrogen-bond donors (Lipinski definition) is 1. The Morgan fingerprint density at radius 2 is 2.00 bits per heavy atom. The van der Waals surface area contributed by atoms with Crippen molar-refractivity contribution >= 4 is 12.0 Å². The molecule has 0 radical (unpaired) electrons. The third kappa shape index (κ3) is 3.13. The first-order valence-electron chi connectivity index (χ1n) is 8.92. The normalized spacial score (nSPS) is 25.2. The molecule has 8 heteroatoms. The second-order valence-corrected chi connectivity index (χ2v) is 7.99. The number of aliphatic hydroxyl groups is 1. The summed E-state index contributed by atoms with van der Waals surface area (Å²) >= 11 is 0. The van der Waals surface area contributed by atoms with Gasteiger partial charge in [-0.05, 0) is 46.6 Å². The zero-order valence-electron chi connectivity index (χ0n) is 15.7. The molecular weight excluding hydrogens is 336 g/mol. The number of rotatable bonds is 3. The molecular formula is C18H26N4O4. The van der Waals surface area contributed by atoms with Crippen molar-refractivity contribution in [1.29, 1.82) is 0 Å². The summed E-state index contributed by atoms with van der Waals surface area (Å²) in [5, 5.41) is 10.2. The molecule has 0 aliphatic carbocycles. The van der Waals surface area contributed by atoms with Gasteiger partial charge < -0.3 is 14.7 Å². The van der Waals surface area contributed by atoms with Gasteiger partial charge in [0.05, 0.1) is 12.6 Å². The van der Waals surface area contributed by atoms with Crippen molar-refractivity contribution in [2.24, 2.45) is 0 Å². The Hall–Kier alpha value is -2.22. The molecule has 0 bridgehead atoms. The lowest BCUT2D eigenvalue weighted by Gasteiger charge is -2.53. The van der Waals surface area contributed by atoms with E-state index in [1.807, 2.05) is 0 Å². The average molecular weight is 362 g/mol. The second-order valence-electron chi connectivity index (χ2n) is 7.99. The third-order valence-corrected chi connectivity index (χ3v) is 4.84. The van der Waals surface area contributed by atoms with Gasteiger partial charge in [-0.25, -0.2) is 14.8 Å². The Bertz CT molecular complexity index is 688. The van der Waals surface area contributed by atoms with E-state index in [-0.39, 0.29) is 5.91 Å². The van der Waals surface area contributed by atoms with Crippen LogP contribution in [0.5, 0.6) is 0 Å². The van der Waals surface area contributed by atoms with Crippen molar-refractivity contribution in [3.63, 3.8) is 0 Å². The summed E-state index contributed by atoms with van der Waals surface area (Å²) in [7, 11) is 0. The number of aromatic nitrogens is 2. The number of ether oxygens (including phenoxy) is 1. The first-order valence-corrected chi connectivity index (χ1v) is 8.92. The SMILES string of the molecule is C[C@@H](O)C(c1ncccn1)N1CC2(CCCN2C(=O)OC(C)(C)C)C1=O. The van der Waals surface area contributed by atoms with E-state index >= 15 is 0 Å². The third-order valence-electron chi connectivity index (χ3n) is 4.84. The lowest BCUT2D eigenvalue weighted by atomic mass is 9.83. The molecule has 1 spiro atoms. The Morgan fingerprint density at radius 1 is 1.35 bits per heavy atom. The number of amides is 2. The van der Waals surface area contributed by atoms with Gasteiger partial charge in [-0.15, -0.1) is 0 Å². The summed E-state index contributed by atoms with van der Waals surface area (Å²) in [6.07, 6.45) is 3.23. The van der Waals surface area contributed by atoms with Gasteiger partial charge >= 0.3 is 6.09 Å². The highest BCUT2D eigenvalue weighted by Crippen LogP contribution is 2.43. The molecule has 2 fully saturated rings. The number of aliphatic hydroxyl groups excluding tert-OH is 1. The molecule has 2 amide bonds. The lowest BCUT2D eigenvalue weighted by molar-refractivity contribution is -0.169. The predicted molar refractivity (Wildman–Crippen MR) is 93.1 cm³/mol. The zero-order valence-corrected chi connectivity index (χ0v) is 15.7. The van der Waals surface area contributed by atoms with Crippen molar-refractivity contribution in [3.8, 4) is 0 Å². The fraction of sp³-hybridized carbons (Fsp3) is 0.667. The monoisotopic (exact) mass is 362 g/mol. The first-order chi connectivity index (χ1) is 12.2. The quantitative estimate of drug-likeness (QED) is 0.819. The minimum Gasteiger partial charge on any atom is -0.444 e. The largest absolute Gasteiger partial charge is 0.444 e. The summed E-state index contributed by atoms with van der Waals surface area (Å²) in [5.41, 5.74) is -1.49. The number of carbonyl (C=O) groups excluding carboxylic acids is 2. The van der Waals surface area contributed by atoms with Crippen molar-refractivity contribution < 1.29 is 19.4 Å².